The lowest BCUT2D eigenvalue weighted by atomic mass is 10.1. The molecule has 0 aliphatic carbocycles. The number of non-ortho nitro benzene ring substituents is 1. The van der Waals surface area contributed by atoms with Gasteiger partial charge in [-0.15, -0.1) is 0 Å². The van der Waals surface area contributed by atoms with E-state index in [0.29, 0.717) is 22.8 Å². The van der Waals surface area contributed by atoms with E-state index in [2.05, 4.69) is 20.9 Å². The lowest BCUT2D eigenvalue weighted by Gasteiger charge is -2.18. The molecule has 7 nitrogen and oxygen atoms in total. The third-order valence-electron chi connectivity index (χ3n) is 4.99. The number of nitro benzene ring substituents is 1. The summed E-state index contributed by atoms with van der Waals surface area (Å²) in [6.45, 7) is 0. The number of rotatable bonds is 5. The first-order chi connectivity index (χ1) is 15.3. The average Bonchev–Trinajstić information content (AvgIpc) is 3.10. The summed E-state index contributed by atoms with van der Waals surface area (Å²) in [6.07, 6.45) is 1.74. The Morgan fingerprint density at radius 1 is 0.969 bits per heavy atom. The topological polar surface area (TPSA) is 79.0 Å². The Hall–Kier alpha value is -3.78. The molecule has 32 heavy (non-hydrogen) atoms. The molecule has 0 spiro atoms. The van der Waals surface area contributed by atoms with Gasteiger partial charge in [0.05, 0.1) is 10.6 Å². The maximum atomic E-state index is 13.3. The van der Waals surface area contributed by atoms with E-state index >= 15 is 0 Å². The molecule has 1 heterocycles. The number of amidine groups is 1. The van der Waals surface area contributed by atoms with Gasteiger partial charge in [-0.1, -0.05) is 28.1 Å². The fraction of sp³-hybridized carbons (Fsp3) is 0.0833. The molecule has 0 radical (unpaired) electrons. The minimum atomic E-state index is -0.458. The van der Waals surface area contributed by atoms with Crippen molar-refractivity contribution in [3.63, 3.8) is 0 Å². The predicted molar refractivity (Wildman–Crippen MR) is 130 cm³/mol. The summed E-state index contributed by atoms with van der Waals surface area (Å²) in [7, 11) is 3.93. The fourth-order valence-corrected chi connectivity index (χ4v) is 3.56. The van der Waals surface area contributed by atoms with Gasteiger partial charge in [0.1, 0.15) is 11.5 Å². The number of benzene rings is 3. The summed E-state index contributed by atoms with van der Waals surface area (Å²) in [5, 5.41) is 11.0. The second-order valence-corrected chi connectivity index (χ2v) is 8.29. The molecular weight excluding hydrogens is 472 g/mol. The van der Waals surface area contributed by atoms with Crippen molar-refractivity contribution in [3.05, 3.63) is 104 Å². The molecule has 0 bridgehead atoms. The molecule has 4 rings (SSSR count). The Morgan fingerprint density at radius 3 is 2.16 bits per heavy atom. The van der Waals surface area contributed by atoms with Gasteiger partial charge in [0, 0.05) is 42.0 Å². The molecule has 0 saturated carbocycles. The molecule has 0 fully saturated rings. The quantitative estimate of drug-likeness (QED) is 0.277. The van der Waals surface area contributed by atoms with Gasteiger partial charge in [0.2, 0.25) is 0 Å². The molecule has 0 atom stereocenters. The van der Waals surface area contributed by atoms with Crippen molar-refractivity contribution >= 4 is 50.8 Å². The second-order valence-electron chi connectivity index (χ2n) is 7.37. The van der Waals surface area contributed by atoms with E-state index in [1.807, 2.05) is 67.5 Å². The Bertz CT molecular complexity index is 1230. The number of hydrogen-bond donors (Lipinski definition) is 0. The molecule has 3 aromatic rings. The summed E-state index contributed by atoms with van der Waals surface area (Å²) < 4.78 is 0.887. The van der Waals surface area contributed by atoms with Gasteiger partial charge in [-0.25, -0.2) is 4.99 Å². The van der Waals surface area contributed by atoms with Crippen LogP contribution in [0.1, 0.15) is 11.1 Å². The van der Waals surface area contributed by atoms with Gasteiger partial charge in [-0.05, 0) is 60.2 Å². The molecule has 0 unspecified atom stereocenters. The number of nitro groups is 1. The van der Waals surface area contributed by atoms with Gasteiger partial charge >= 0.3 is 0 Å². The number of amides is 1. The average molecular weight is 491 g/mol. The summed E-state index contributed by atoms with van der Waals surface area (Å²) in [5.74, 6) is 0.153. The third-order valence-corrected chi connectivity index (χ3v) is 5.52. The minimum absolute atomic E-state index is 0.0226. The molecule has 8 heteroatoms. The van der Waals surface area contributed by atoms with Gasteiger partial charge in [-0.2, -0.15) is 0 Å². The Kier molecular flexibility index (Phi) is 5.87. The molecule has 160 valence electrons. The van der Waals surface area contributed by atoms with Crippen molar-refractivity contribution in [1.82, 2.24) is 0 Å². The van der Waals surface area contributed by atoms with Gasteiger partial charge in [0.25, 0.3) is 11.6 Å². The number of anilines is 2. The maximum Gasteiger partial charge on any atom is 0.282 e. The normalized spacial score (nSPS) is 14.6. The summed E-state index contributed by atoms with van der Waals surface area (Å²) in [6, 6.07) is 21.1. The van der Waals surface area contributed by atoms with Crippen molar-refractivity contribution < 1.29 is 9.72 Å². The first-order valence-corrected chi connectivity index (χ1v) is 10.6. The second kappa shape index (κ2) is 8.76. The van der Waals surface area contributed by atoms with E-state index < -0.39 is 4.92 Å². The van der Waals surface area contributed by atoms with E-state index in [0.717, 1.165) is 15.7 Å². The van der Waals surface area contributed by atoms with Crippen molar-refractivity contribution in [2.45, 2.75) is 0 Å². The fourth-order valence-electron chi connectivity index (χ4n) is 3.30. The monoisotopic (exact) mass is 490 g/mol. The van der Waals surface area contributed by atoms with E-state index in [1.54, 1.807) is 18.2 Å². The van der Waals surface area contributed by atoms with Crippen LogP contribution >= 0.6 is 15.9 Å². The van der Waals surface area contributed by atoms with Gasteiger partial charge < -0.3 is 4.90 Å². The highest BCUT2D eigenvalue weighted by molar-refractivity contribution is 9.10. The largest absolute Gasteiger partial charge is 0.378 e. The van der Waals surface area contributed by atoms with Crippen LogP contribution in [0, 0.1) is 10.1 Å². The molecule has 1 aliphatic rings. The van der Waals surface area contributed by atoms with Crippen LogP contribution in [-0.2, 0) is 4.79 Å². The van der Waals surface area contributed by atoms with Crippen LogP contribution in [0.25, 0.3) is 6.08 Å². The van der Waals surface area contributed by atoms with E-state index in [-0.39, 0.29) is 11.6 Å². The molecular formula is C24H19BrN4O3. The van der Waals surface area contributed by atoms with Crippen LogP contribution in [-0.4, -0.2) is 30.8 Å². The zero-order valence-electron chi connectivity index (χ0n) is 17.4. The van der Waals surface area contributed by atoms with Crippen LogP contribution in [0.3, 0.4) is 0 Å². The summed E-state index contributed by atoms with van der Waals surface area (Å²) in [4.78, 5) is 32.0. The number of hydrogen-bond acceptors (Lipinski definition) is 5. The van der Waals surface area contributed by atoms with Crippen LogP contribution in [0.15, 0.2) is 88.0 Å². The Labute approximate surface area is 193 Å². The molecule has 1 amide bonds. The zero-order valence-corrected chi connectivity index (χ0v) is 19.0. The smallest absolute Gasteiger partial charge is 0.282 e. The number of halogens is 1. The highest BCUT2D eigenvalue weighted by Crippen LogP contribution is 2.29. The summed E-state index contributed by atoms with van der Waals surface area (Å²) >= 11 is 3.41. The van der Waals surface area contributed by atoms with Crippen LogP contribution in [0.2, 0.25) is 0 Å². The number of carbonyl (C=O) groups is 1. The van der Waals surface area contributed by atoms with Gasteiger partial charge in [0.15, 0.2) is 0 Å². The number of nitrogens with zero attached hydrogens (tertiary/aromatic N) is 4. The Balaban J connectivity index is 1.77. The van der Waals surface area contributed by atoms with E-state index in [1.165, 1.54) is 17.0 Å². The van der Waals surface area contributed by atoms with Crippen LogP contribution in [0.5, 0.6) is 0 Å². The molecule has 3 aromatic carbocycles. The van der Waals surface area contributed by atoms with Crippen molar-refractivity contribution in [2.24, 2.45) is 4.99 Å². The van der Waals surface area contributed by atoms with E-state index in [9.17, 15) is 14.9 Å². The molecule has 0 saturated heterocycles. The number of carbonyl (C=O) groups excluding carboxylic acids is 1. The highest BCUT2D eigenvalue weighted by Gasteiger charge is 2.32. The van der Waals surface area contributed by atoms with E-state index in [4.69, 9.17) is 0 Å². The molecule has 0 N–H and O–H groups in total. The first-order valence-electron chi connectivity index (χ1n) is 9.76. The highest BCUT2D eigenvalue weighted by atomic mass is 79.9. The van der Waals surface area contributed by atoms with Crippen molar-refractivity contribution in [1.29, 1.82) is 0 Å². The van der Waals surface area contributed by atoms with Gasteiger partial charge in [-0.3, -0.25) is 19.8 Å². The Morgan fingerprint density at radius 2 is 1.59 bits per heavy atom. The van der Waals surface area contributed by atoms with Crippen molar-refractivity contribution in [3.8, 4) is 0 Å². The first kappa shape index (κ1) is 21.5. The standard InChI is InChI=1S/C24H19BrN4O3/c1-27(2)19-9-3-16(4-10-19)15-22-24(30)28(20-13-7-18(25)8-14-20)23(26-22)17-5-11-21(12-6-17)29(31)32/h3-15H,1-2H3. The lowest BCUT2D eigenvalue weighted by molar-refractivity contribution is -0.384. The number of aliphatic imine (C=N–C) groups is 1. The molecule has 1 aliphatic heterocycles. The van der Waals surface area contributed by atoms with Crippen LogP contribution < -0.4 is 9.80 Å². The zero-order chi connectivity index (χ0) is 22.8. The third kappa shape index (κ3) is 4.31. The minimum Gasteiger partial charge on any atom is -0.378 e. The van der Waals surface area contributed by atoms with Crippen molar-refractivity contribution in [2.75, 3.05) is 23.9 Å². The summed E-state index contributed by atoms with van der Waals surface area (Å²) in [5.41, 5.74) is 3.43. The SMILES string of the molecule is CN(C)c1ccc(C=C2N=C(c3ccc([N+](=O)[O-])cc3)N(c3ccc(Br)cc3)C2=O)cc1. The predicted octanol–water partition coefficient (Wildman–Crippen LogP) is 5.26. The molecule has 0 aromatic heterocycles. The lowest BCUT2D eigenvalue weighted by Crippen LogP contribution is -2.32. The maximum absolute atomic E-state index is 13.3. The van der Waals surface area contributed by atoms with Crippen LogP contribution in [0.4, 0.5) is 17.1 Å².